The molecule has 4 heterocycles. The molecule has 1 aromatic carbocycles. The number of fused-ring (bicyclic) bond motifs is 1. The van der Waals surface area contributed by atoms with Crippen molar-refractivity contribution in [2.75, 3.05) is 13.2 Å². The predicted molar refractivity (Wildman–Crippen MR) is 112 cm³/mol. The van der Waals surface area contributed by atoms with Gasteiger partial charge in [-0.3, -0.25) is 4.79 Å². The summed E-state index contributed by atoms with van der Waals surface area (Å²) in [5.74, 6) is -0.294. The van der Waals surface area contributed by atoms with E-state index in [1.807, 2.05) is 48.7 Å². The second-order valence-electron chi connectivity index (χ2n) is 7.58. The van der Waals surface area contributed by atoms with Crippen LogP contribution in [0.15, 0.2) is 61.2 Å². The Kier molecular flexibility index (Phi) is 5.19. The highest BCUT2D eigenvalue weighted by Gasteiger charge is 2.26. The average Bonchev–Trinajstić information content (AvgIpc) is 3.47. The predicted octanol–water partition coefficient (Wildman–Crippen LogP) is 1.39. The number of hydrogen-bond donors (Lipinski definition) is 2. The Hall–Kier alpha value is -3.56. The molecule has 0 spiro atoms. The molecule has 4 aromatic rings. The van der Waals surface area contributed by atoms with Crippen LogP contribution >= 0.6 is 0 Å². The first-order valence-corrected chi connectivity index (χ1v) is 10.2. The monoisotopic (exact) mass is 418 g/mol. The number of ether oxygens (including phenoxy) is 1. The topological polar surface area (TPSA) is 107 Å². The maximum atomic E-state index is 13.0. The minimum atomic E-state index is -0.722. The number of hydrogen-bond acceptors (Lipinski definition) is 6. The number of amides is 1. The maximum Gasteiger partial charge on any atom is 0.270 e. The zero-order chi connectivity index (χ0) is 21.2. The highest BCUT2D eigenvalue weighted by Crippen LogP contribution is 2.17. The molecule has 0 aliphatic carbocycles. The van der Waals surface area contributed by atoms with Crippen LogP contribution in [-0.4, -0.2) is 60.8 Å². The van der Waals surface area contributed by atoms with Crippen molar-refractivity contribution in [2.45, 2.75) is 25.0 Å². The fourth-order valence-electron chi connectivity index (χ4n) is 3.80. The molecule has 1 aliphatic rings. The summed E-state index contributed by atoms with van der Waals surface area (Å²) < 4.78 is 8.56. The van der Waals surface area contributed by atoms with Crippen molar-refractivity contribution in [3.63, 3.8) is 0 Å². The van der Waals surface area contributed by atoms with E-state index in [2.05, 4.69) is 20.5 Å². The van der Waals surface area contributed by atoms with Crippen molar-refractivity contribution in [2.24, 2.45) is 0 Å². The van der Waals surface area contributed by atoms with Crippen LogP contribution in [0.5, 0.6) is 0 Å². The fourth-order valence-corrected chi connectivity index (χ4v) is 3.80. The summed E-state index contributed by atoms with van der Waals surface area (Å²) in [5.41, 5.74) is 4.02. The van der Waals surface area contributed by atoms with E-state index in [1.54, 1.807) is 10.9 Å². The van der Waals surface area contributed by atoms with E-state index in [0.717, 1.165) is 16.8 Å². The van der Waals surface area contributed by atoms with E-state index in [0.29, 0.717) is 30.8 Å². The summed E-state index contributed by atoms with van der Waals surface area (Å²) in [4.78, 5) is 17.3. The highest BCUT2D eigenvalue weighted by atomic mass is 16.5. The lowest BCUT2D eigenvalue weighted by atomic mass is 10.0. The first-order valence-electron chi connectivity index (χ1n) is 10.2. The molecule has 1 saturated heterocycles. The van der Waals surface area contributed by atoms with Crippen LogP contribution in [0.4, 0.5) is 0 Å². The first-order chi connectivity index (χ1) is 15.2. The van der Waals surface area contributed by atoms with Crippen molar-refractivity contribution in [1.29, 1.82) is 0 Å². The summed E-state index contributed by atoms with van der Waals surface area (Å²) in [6, 6.07) is 13.4. The molecule has 1 amide bonds. The average molecular weight is 418 g/mol. The van der Waals surface area contributed by atoms with Crippen LogP contribution in [0.2, 0.25) is 0 Å². The van der Waals surface area contributed by atoms with Gasteiger partial charge in [-0.15, -0.1) is 0 Å². The third kappa shape index (κ3) is 4.05. The molecule has 2 N–H and O–H groups in total. The van der Waals surface area contributed by atoms with Crippen LogP contribution in [0.25, 0.3) is 11.3 Å². The van der Waals surface area contributed by atoms with Gasteiger partial charge in [-0.1, -0.05) is 12.1 Å². The van der Waals surface area contributed by atoms with Crippen molar-refractivity contribution in [1.82, 2.24) is 29.7 Å². The molecule has 3 aromatic heterocycles. The molecule has 2 atom stereocenters. The second-order valence-corrected chi connectivity index (χ2v) is 7.58. The van der Waals surface area contributed by atoms with Gasteiger partial charge in [0.2, 0.25) is 0 Å². The SMILES string of the molecule is O=C(N[C@H]1CCOC[C@@H]1O)c1cc(Cc2ccc(-n3cccn3)cc2)cc2ncnn12. The van der Waals surface area contributed by atoms with E-state index in [9.17, 15) is 9.90 Å². The van der Waals surface area contributed by atoms with Gasteiger partial charge >= 0.3 is 0 Å². The molecule has 0 bridgehead atoms. The quantitative estimate of drug-likeness (QED) is 0.507. The molecule has 9 heteroatoms. The standard InChI is InChI=1S/C22H22N6O3/c29-20-13-31-9-6-18(20)26-22(30)19-11-16(12-21-23-14-25-28(19)21)10-15-2-4-17(5-3-15)27-8-1-7-24-27/h1-5,7-8,11-12,14,18,20,29H,6,9-10,13H2,(H,26,30)/t18-,20-/m0/s1. The Labute approximate surface area is 178 Å². The third-order valence-electron chi connectivity index (χ3n) is 5.43. The summed E-state index contributed by atoms with van der Waals surface area (Å²) in [5, 5.41) is 21.4. The number of carbonyl (C=O) groups is 1. The van der Waals surface area contributed by atoms with E-state index < -0.39 is 6.10 Å². The maximum absolute atomic E-state index is 13.0. The van der Waals surface area contributed by atoms with Gasteiger partial charge in [0.25, 0.3) is 5.91 Å². The minimum Gasteiger partial charge on any atom is -0.389 e. The molecule has 0 unspecified atom stereocenters. The summed E-state index contributed by atoms with van der Waals surface area (Å²) >= 11 is 0. The minimum absolute atomic E-state index is 0.220. The van der Waals surface area contributed by atoms with Crippen molar-refractivity contribution >= 4 is 11.6 Å². The number of nitrogens with zero attached hydrogens (tertiary/aromatic N) is 5. The molecule has 1 aliphatic heterocycles. The Balaban J connectivity index is 1.39. The zero-order valence-electron chi connectivity index (χ0n) is 16.8. The Morgan fingerprint density at radius 1 is 1.19 bits per heavy atom. The van der Waals surface area contributed by atoms with E-state index >= 15 is 0 Å². The number of carbonyl (C=O) groups excluding carboxylic acids is 1. The number of rotatable bonds is 5. The lowest BCUT2D eigenvalue weighted by Crippen LogP contribution is -2.49. The van der Waals surface area contributed by atoms with E-state index in [4.69, 9.17) is 4.74 Å². The highest BCUT2D eigenvalue weighted by molar-refractivity contribution is 5.93. The molecule has 9 nitrogen and oxygen atoms in total. The Morgan fingerprint density at radius 2 is 2.06 bits per heavy atom. The Bertz CT molecular complexity index is 1190. The fraction of sp³-hybridized carbons (Fsp3) is 0.273. The molecule has 1 fully saturated rings. The number of aliphatic hydroxyl groups excluding tert-OH is 1. The molecule has 0 radical (unpaired) electrons. The van der Waals surface area contributed by atoms with Gasteiger partial charge in [-0.25, -0.2) is 14.2 Å². The number of aliphatic hydroxyl groups is 1. The van der Waals surface area contributed by atoms with Crippen molar-refractivity contribution in [3.05, 3.63) is 78.0 Å². The van der Waals surface area contributed by atoms with Gasteiger partial charge in [0, 0.05) is 19.0 Å². The molecule has 0 saturated carbocycles. The number of benzene rings is 1. The van der Waals surface area contributed by atoms with Crippen molar-refractivity contribution in [3.8, 4) is 5.69 Å². The van der Waals surface area contributed by atoms with Gasteiger partial charge in [0.1, 0.15) is 12.0 Å². The van der Waals surface area contributed by atoms with Gasteiger partial charge in [0.15, 0.2) is 5.65 Å². The molecule has 31 heavy (non-hydrogen) atoms. The third-order valence-corrected chi connectivity index (χ3v) is 5.43. The second kappa shape index (κ2) is 8.29. The summed E-state index contributed by atoms with van der Waals surface area (Å²) in [6.45, 7) is 0.730. The largest absolute Gasteiger partial charge is 0.389 e. The van der Waals surface area contributed by atoms with Gasteiger partial charge < -0.3 is 15.2 Å². The van der Waals surface area contributed by atoms with Crippen LogP contribution in [0, 0.1) is 0 Å². The van der Waals surface area contributed by atoms with Crippen LogP contribution < -0.4 is 5.32 Å². The Morgan fingerprint density at radius 3 is 2.84 bits per heavy atom. The first kappa shape index (κ1) is 19.4. The smallest absolute Gasteiger partial charge is 0.270 e. The molecular formula is C22H22N6O3. The van der Waals surface area contributed by atoms with E-state index in [1.165, 1.54) is 10.8 Å². The lowest BCUT2D eigenvalue weighted by molar-refractivity contribution is -0.0261. The van der Waals surface area contributed by atoms with Gasteiger partial charge in [0.05, 0.1) is 24.4 Å². The number of nitrogens with one attached hydrogen (secondary N) is 1. The molecular weight excluding hydrogens is 396 g/mol. The number of pyridine rings is 1. The normalized spacial score (nSPS) is 18.9. The molecule has 5 rings (SSSR count). The summed E-state index contributed by atoms with van der Waals surface area (Å²) in [7, 11) is 0. The molecule has 158 valence electrons. The van der Waals surface area contributed by atoms with Gasteiger partial charge in [-0.05, 0) is 54.3 Å². The zero-order valence-corrected chi connectivity index (χ0v) is 16.8. The van der Waals surface area contributed by atoms with Crippen LogP contribution in [-0.2, 0) is 11.2 Å². The summed E-state index contributed by atoms with van der Waals surface area (Å²) in [6.07, 6.45) is 5.55. The van der Waals surface area contributed by atoms with E-state index in [-0.39, 0.29) is 18.6 Å². The van der Waals surface area contributed by atoms with Crippen LogP contribution in [0.1, 0.15) is 28.0 Å². The number of aromatic nitrogens is 5. The lowest BCUT2D eigenvalue weighted by Gasteiger charge is -2.28. The van der Waals surface area contributed by atoms with Crippen molar-refractivity contribution < 1.29 is 14.6 Å². The van der Waals surface area contributed by atoms with Crippen LogP contribution in [0.3, 0.4) is 0 Å². The van der Waals surface area contributed by atoms with Gasteiger partial charge in [-0.2, -0.15) is 10.2 Å².